The maximum Gasteiger partial charge on any atom is 0.189 e. The van der Waals surface area contributed by atoms with Crippen molar-refractivity contribution in [2.75, 3.05) is 13.7 Å². The third-order valence-electron chi connectivity index (χ3n) is 2.31. The fraction of sp³-hybridized carbons (Fsp3) is 0.357. The van der Waals surface area contributed by atoms with Crippen LogP contribution in [0.25, 0.3) is 0 Å². The summed E-state index contributed by atoms with van der Waals surface area (Å²) in [7, 11) is 1.68. The van der Waals surface area contributed by atoms with Crippen molar-refractivity contribution in [2.24, 2.45) is 10.7 Å². The lowest BCUT2D eigenvalue weighted by Crippen LogP contribution is -2.32. The smallest absolute Gasteiger partial charge is 0.189 e. The lowest BCUT2D eigenvalue weighted by Gasteiger charge is -2.06. The van der Waals surface area contributed by atoms with E-state index < -0.39 is 0 Å². The molecule has 1 aromatic carbocycles. The molecule has 1 rings (SSSR count). The monoisotopic (exact) mass is 375 g/mol. The first-order valence-electron chi connectivity index (χ1n) is 5.86. The maximum absolute atomic E-state index is 5.74. The highest BCUT2D eigenvalue weighted by Gasteiger charge is 1.96. The van der Waals surface area contributed by atoms with Gasteiger partial charge in [-0.15, -0.1) is 24.0 Å². The summed E-state index contributed by atoms with van der Waals surface area (Å²) in [6.07, 6.45) is 0. The molecule has 0 saturated heterocycles. The molecule has 1 aromatic rings. The highest BCUT2D eigenvalue weighted by atomic mass is 127. The van der Waals surface area contributed by atoms with Gasteiger partial charge in [-0.05, 0) is 18.1 Å². The molecule has 0 fully saturated rings. The molecule has 0 aliphatic heterocycles. The number of hydrogen-bond acceptors (Lipinski definition) is 2. The second kappa shape index (κ2) is 9.80. The Morgan fingerprint density at radius 1 is 1.42 bits per heavy atom. The van der Waals surface area contributed by atoms with Gasteiger partial charge in [-0.25, -0.2) is 4.99 Å². The Bertz CT molecular complexity index is 432. The summed E-state index contributed by atoms with van der Waals surface area (Å²) in [5.74, 6) is 0.440. The van der Waals surface area contributed by atoms with Crippen molar-refractivity contribution in [2.45, 2.75) is 20.1 Å². The van der Waals surface area contributed by atoms with Gasteiger partial charge in [0.05, 0.1) is 13.2 Å². The van der Waals surface area contributed by atoms with E-state index in [4.69, 9.17) is 10.5 Å². The standard InChI is InChI=1S/C14H21N3O.HI/c1-11(2)8-16-14(15)17-9-12-5-4-6-13(7-12)10-18-3;/h4-7H,1,8-10H2,2-3H3,(H3,15,16,17);1H. The van der Waals surface area contributed by atoms with Crippen LogP contribution in [0.1, 0.15) is 18.1 Å². The Morgan fingerprint density at radius 2 is 2.11 bits per heavy atom. The first kappa shape index (κ1) is 17.9. The number of halogens is 1. The van der Waals surface area contributed by atoms with Gasteiger partial charge in [0.2, 0.25) is 0 Å². The largest absolute Gasteiger partial charge is 0.380 e. The second-order valence-electron chi connectivity index (χ2n) is 4.27. The van der Waals surface area contributed by atoms with Gasteiger partial charge in [-0.1, -0.05) is 36.4 Å². The molecule has 0 spiro atoms. The fourth-order valence-corrected chi connectivity index (χ4v) is 1.46. The van der Waals surface area contributed by atoms with Crippen LogP contribution in [0.5, 0.6) is 0 Å². The Balaban J connectivity index is 0.00000324. The molecule has 0 aliphatic carbocycles. The van der Waals surface area contributed by atoms with Gasteiger partial charge in [0.15, 0.2) is 5.96 Å². The van der Waals surface area contributed by atoms with E-state index in [1.165, 1.54) is 0 Å². The topological polar surface area (TPSA) is 59.6 Å². The lowest BCUT2D eigenvalue weighted by atomic mass is 10.1. The van der Waals surface area contributed by atoms with Gasteiger partial charge in [-0.2, -0.15) is 0 Å². The van der Waals surface area contributed by atoms with E-state index in [1.807, 2.05) is 25.1 Å². The normalized spacial score (nSPS) is 10.7. The quantitative estimate of drug-likeness (QED) is 0.348. The summed E-state index contributed by atoms with van der Waals surface area (Å²) in [6.45, 7) is 7.56. The first-order valence-corrected chi connectivity index (χ1v) is 5.86. The molecule has 4 nitrogen and oxygen atoms in total. The SMILES string of the molecule is C=C(C)CNC(N)=NCc1cccc(COC)c1.I. The van der Waals surface area contributed by atoms with Crippen molar-refractivity contribution in [1.29, 1.82) is 0 Å². The predicted octanol–water partition coefficient (Wildman–Crippen LogP) is 2.43. The number of hydrogen-bond donors (Lipinski definition) is 2. The number of ether oxygens (including phenoxy) is 1. The molecule has 0 bridgehead atoms. The molecule has 0 unspecified atom stereocenters. The Kier molecular flexibility index (Phi) is 9.24. The molecule has 19 heavy (non-hydrogen) atoms. The molecule has 0 amide bonds. The lowest BCUT2D eigenvalue weighted by molar-refractivity contribution is 0.185. The fourth-order valence-electron chi connectivity index (χ4n) is 1.46. The van der Waals surface area contributed by atoms with E-state index in [-0.39, 0.29) is 24.0 Å². The van der Waals surface area contributed by atoms with E-state index in [2.05, 4.69) is 23.0 Å². The van der Waals surface area contributed by atoms with E-state index in [0.29, 0.717) is 25.7 Å². The molecule has 0 heterocycles. The Morgan fingerprint density at radius 3 is 2.74 bits per heavy atom. The van der Waals surface area contributed by atoms with Crippen LogP contribution in [0.15, 0.2) is 41.4 Å². The van der Waals surface area contributed by atoms with Crippen LogP contribution in [0, 0.1) is 0 Å². The summed E-state index contributed by atoms with van der Waals surface area (Å²) in [5.41, 5.74) is 9.02. The number of nitrogens with zero attached hydrogens (tertiary/aromatic N) is 1. The third kappa shape index (κ3) is 7.84. The minimum absolute atomic E-state index is 0. The summed E-state index contributed by atoms with van der Waals surface area (Å²) in [5, 5.41) is 3.00. The van der Waals surface area contributed by atoms with Crippen LogP contribution in [0.3, 0.4) is 0 Å². The number of rotatable bonds is 6. The number of nitrogens with two attached hydrogens (primary N) is 1. The van der Waals surface area contributed by atoms with Crippen LogP contribution in [-0.2, 0) is 17.9 Å². The Hall–Kier alpha value is -1.08. The molecule has 5 heteroatoms. The van der Waals surface area contributed by atoms with Gasteiger partial charge in [0.25, 0.3) is 0 Å². The molecule has 0 aromatic heterocycles. The molecule has 3 N–H and O–H groups in total. The molecular weight excluding hydrogens is 353 g/mol. The molecule has 0 saturated carbocycles. The van der Waals surface area contributed by atoms with Crippen molar-refractivity contribution in [3.63, 3.8) is 0 Å². The van der Waals surface area contributed by atoms with Crippen molar-refractivity contribution >= 4 is 29.9 Å². The van der Waals surface area contributed by atoms with E-state index in [1.54, 1.807) is 7.11 Å². The molecule has 0 atom stereocenters. The third-order valence-corrected chi connectivity index (χ3v) is 2.31. The Labute approximate surface area is 132 Å². The van der Waals surface area contributed by atoms with E-state index in [0.717, 1.165) is 16.7 Å². The summed E-state index contributed by atoms with van der Waals surface area (Å²) in [6, 6.07) is 8.11. The van der Waals surface area contributed by atoms with Crippen molar-refractivity contribution < 1.29 is 4.74 Å². The summed E-state index contributed by atoms with van der Waals surface area (Å²) < 4.78 is 5.09. The number of methoxy groups -OCH3 is 1. The van der Waals surface area contributed by atoms with Crippen molar-refractivity contribution in [3.8, 4) is 0 Å². The molecule has 106 valence electrons. The summed E-state index contributed by atoms with van der Waals surface area (Å²) in [4.78, 5) is 4.27. The minimum atomic E-state index is 0. The first-order chi connectivity index (χ1) is 8.61. The van der Waals surface area contributed by atoms with Crippen LogP contribution < -0.4 is 11.1 Å². The average molecular weight is 375 g/mol. The van der Waals surface area contributed by atoms with Crippen LogP contribution >= 0.6 is 24.0 Å². The van der Waals surface area contributed by atoms with Crippen molar-refractivity contribution in [3.05, 3.63) is 47.5 Å². The van der Waals surface area contributed by atoms with Gasteiger partial charge < -0.3 is 15.8 Å². The molecule has 0 radical (unpaired) electrons. The zero-order valence-electron chi connectivity index (χ0n) is 11.5. The average Bonchev–Trinajstić information content (AvgIpc) is 2.35. The summed E-state index contributed by atoms with van der Waals surface area (Å²) >= 11 is 0. The molecule has 0 aliphatic rings. The maximum atomic E-state index is 5.74. The number of aliphatic imine (C=N–C) groups is 1. The van der Waals surface area contributed by atoms with Gasteiger partial charge >= 0.3 is 0 Å². The molecular formula is C14H22IN3O. The van der Waals surface area contributed by atoms with Gasteiger partial charge in [-0.3, -0.25) is 0 Å². The van der Waals surface area contributed by atoms with Crippen LogP contribution in [0.2, 0.25) is 0 Å². The van der Waals surface area contributed by atoms with Crippen LogP contribution in [-0.4, -0.2) is 19.6 Å². The number of nitrogens with one attached hydrogen (secondary N) is 1. The van der Waals surface area contributed by atoms with Gasteiger partial charge in [0, 0.05) is 13.7 Å². The highest BCUT2D eigenvalue weighted by molar-refractivity contribution is 14.0. The minimum Gasteiger partial charge on any atom is -0.380 e. The second-order valence-corrected chi connectivity index (χ2v) is 4.27. The van der Waals surface area contributed by atoms with Crippen molar-refractivity contribution in [1.82, 2.24) is 5.32 Å². The number of guanidine groups is 1. The zero-order chi connectivity index (χ0) is 13.4. The number of benzene rings is 1. The zero-order valence-corrected chi connectivity index (χ0v) is 13.8. The van der Waals surface area contributed by atoms with E-state index >= 15 is 0 Å². The predicted molar refractivity (Wildman–Crippen MR) is 90.7 cm³/mol. The van der Waals surface area contributed by atoms with E-state index in [9.17, 15) is 0 Å². The highest BCUT2D eigenvalue weighted by Crippen LogP contribution is 2.07. The van der Waals surface area contributed by atoms with Gasteiger partial charge in [0.1, 0.15) is 0 Å². The van der Waals surface area contributed by atoms with Crippen LogP contribution in [0.4, 0.5) is 0 Å².